The van der Waals surface area contributed by atoms with Crippen LogP contribution in [0.2, 0.25) is 0 Å². The van der Waals surface area contributed by atoms with E-state index in [4.69, 9.17) is 4.74 Å². The highest BCUT2D eigenvalue weighted by Gasteiger charge is 2.28. The number of hydrogen-bond donors (Lipinski definition) is 2. The summed E-state index contributed by atoms with van der Waals surface area (Å²) in [7, 11) is 0. The molecule has 0 bridgehead atoms. The number of benzene rings is 1. The second kappa shape index (κ2) is 11.7. The highest BCUT2D eigenvalue weighted by Crippen LogP contribution is 2.28. The first-order valence-corrected chi connectivity index (χ1v) is 12.6. The number of unbranched alkanes of at least 4 members (excludes halogenated alkanes) is 2. The first kappa shape index (κ1) is 23.8. The third kappa shape index (κ3) is 6.36. The molecule has 2 N–H and O–H groups in total. The molecule has 0 saturated carbocycles. The molecule has 1 aromatic carbocycles. The summed E-state index contributed by atoms with van der Waals surface area (Å²) >= 11 is 0. The molecular formula is C26H38N4O3. The first-order valence-electron chi connectivity index (χ1n) is 12.6. The molecule has 2 aliphatic heterocycles. The SMILES string of the molecule is CCCCCC(=O)NCC1CCN(c2ccc(-c3cnn(C4CCCCO4)c3)cc2)CC1O. The van der Waals surface area contributed by atoms with Gasteiger partial charge in [0.05, 0.1) is 12.3 Å². The molecule has 3 unspecified atom stereocenters. The number of anilines is 1. The minimum Gasteiger partial charge on any atom is -0.391 e. The molecule has 2 aromatic rings. The standard InChI is InChI=1S/C26H38N4O3/c1-2-3-4-7-25(32)27-16-21-13-14-29(19-24(21)31)23-11-9-20(10-12-23)22-17-28-30(18-22)26-8-5-6-15-33-26/h9-12,17-18,21,24,26,31H,2-8,13-16,19H2,1H3,(H,27,32). The van der Waals surface area contributed by atoms with Crippen LogP contribution in [0.3, 0.4) is 0 Å². The predicted octanol–water partition coefficient (Wildman–Crippen LogP) is 4.13. The van der Waals surface area contributed by atoms with Crippen LogP contribution in [0, 0.1) is 5.92 Å². The molecule has 33 heavy (non-hydrogen) atoms. The van der Waals surface area contributed by atoms with Crippen LogP contribution in [0.4, 0.5) is 5.69 Å². The maximum atomic E-state index is 12.0. The Kier molecular flexibility index (Phi) is 8.40. The number of nitrogens with zero attached hydrogens (tertiary/aromatic N) is 3. The van der Waals surface area contributed by atoms with E-state index in [-0.39, 0.29) is 18.1 Å². The molecule has 3 heterocycles. The monoisotopic (exact) mass is 454 g/mol. The summed E-state index contributed by atoms with van der Waals surface area (Å²) in [4.78, 5) is 14.2. The molecule has 180 valence electrons. The van der Waals surface area contributed by atoms with Crippen LogP contribution in [-0.2, 0) is 9.53 Å². The van der Waals surface area contributed by atoms with Gasteiger partial charge < -0.3 is 20.1 Å². The van der Waals surface area contributed by atoms with Crippen molar-refractivity contribution >= 4 is 11.6 Å². The molecule has 2 fully saturated rings. The Morgan fingerprint density at radius 3 is 2.76 bits per heavy atom. The number of rotatable bonds is 9. The summed E-state index contributed by atoms with van der Waals surface area (Å²) in [6, 6.07) is 8.47. The van der Waals surface area contributed by atoms with E-state index >= 15 is 0 Å². The van der Waals surface area contributed by atoms with E-state index in [2.05, 4.69) is 52.7 Å². The van der Waals surface area contributed by atoms with Crippen molar-refractivity contribution in [1.82, 2.24) is 15.1 Å². The van der Waals surface area contributed by atoms with E-state index in [9.17, 15) is 9.90 Å². The van der Waals surface area contributed by atoms with Crippen LogP contribution in [0.5, 0.6) is 0 Å². The summed E-state index contributed by atoms with van der Waals surface area (Å²) in [5, 5.41) is 18.2. The van der Waals surface area contributed by atoms with Crippen LogP contribution in [-0.4, -0.2) is 53.1 Å². The van der Waals surface area contributed by atoms with Gasteiger partial charge in [0.1, 0.15) is 6.23 Å². The molecule has 2 saturated heterocycles. The maximum absolute atomic E-state index is 12.0. The normalized spacial score (nSPS) is 23.5. The molecule has 4 rings (SSSR count). The highest BCUT2D eigenvalue weighted by molar-refractivity contribution is 5.75. The number of aliphatic hydroxyl groups excluding tert-OH is 1. The van der Waals surface area contributed by atoms with Gasteiger partial charge in [-0.05, 0) is 49.8 Å². The lowest BCUT2D eigenvalue weighted by Crippen LogP contribution is -2.47. The Morgan fingerprint density at radius 2 is 2.03 bits per heavy atom. The van der Waals surface area contributed by atoms with Crippen molar-refractivity contribution in [2.24, 2.45) is 5.92 Å². The van der Waals surface area contributed by atoms with Gasteiger partial charge in [-0.1, -0.05) is 31.9 Å². The average molecular weight is 455 g/mol. The number of carbonyl (C=O) groups is 1. The molecule has 7 heteroatoms. The zero-order chi connectivity index (χ0) is 23.0. The van der Waals surface area contributed by atoms with Crippen LogP contribution < -0.4 is 10.2 Å². The van der Waals surface area contributed by atoms with Crippen molar-refractivity contribution in [3.8, 4) is 11.1 Å². The molecule has 1 aromatic heterocycles. The van der Waals surface area contributed by atoms with E-state index in [1.165, 1.54) is 6.42 Å². The number of β-amino-alcohol motifs (C(OH)–C–C–N with tert-alkyl or cyclic N) is 1. The minimum absolute atomic E-state index is 0.0516. The maximum Gasteiger partial charge on any atom is 0.220 e. The van der Waals surface area contributed by atoms with Gasteiger partial charge in [-0.2, -0.15) is 5.10 Å². The Balaban J connectivity index is 1.27. The van der Waals surface area contributed by atoms with Gasteiger partial charge in [0.15, 0.2) is 0 Å². The predicted molar refractivity (Wildman–Crippen MR) is 130 cm³/mol. The lowest BCUT2D eigenvalue weighted by Gasteiger charge is -2.37. The molecule has 0 aliphatic carbocycles. The van der Waals surface area contributed by atoms with E-state index in [1.807, 2.05) is 10.9 Å². The molecule has 0 radical (unpaired) electrons. The topological polar surface area (TPSA) is 79.6 Å². The number of aromatic nitrogens is 2. The number of aliphatic hydroxyl groups is 1. The largest absolute Gasteiger partial charge is 0.391 e. The van der Waals surface area contributed by atoms with E-state index < -0.39 is 6.10 Å². The lowest BCUT2D eigenvalue weighted by molar-refractivity contribution is -0.121. The quantitative estimate of drug-likeness (QED) is 0.557. The van der Waals surface area contributed by atoms with Crippen molar-refractivity contribution in [2.75, 3.05) is 31.1 Å². The Hall–Kier alpha value is -2.38. The number of amides is 1. The van der Waals surface area contributed by atoms with Crippen LogP contribution in [0.1, 0.15) is 64.5 Å². The van der Waals surface area contributed by atoms with Crippen molar-refractivity contribution in [3.05, 3.63) is 36.7 Å². The van der Waals surface area contributed by atoms with Crippen LogP contribution in [0.25, 0.3) is 11.1 Å². The van der Waals surface area contributed by atoms with Crippen LogP contribution in [0.15, 0.2) is 36.7 Å². The summed E-state index contributed by atoms with van der Waals surface area (Å²) < 4.78 is 7.77. The van der Waals surface area contributed by atoms with Gasteiger partial charge >= 0.3 is 0 Å². The molecule has 1 amide bonds. The van der Waals surface area contributed by atoms with Crippen molar-refractivity contribution in [1.29, 1.82) is 0 Å². The fourth-order valence-electron chi connectivity index (χ4n) is 4.76. The first-order chi connectivity index (χ1) is 16.1. The molecular weight excluding hydrogens is 416 g/mol. The number of ether oxygens (including phenoxy) is 1. The van der Waals surface area contributed by atoms with Crippen molar-refractivity contribution in [3.63, 3.8) is 0 Å². The van der Waals surface area contributed by atoms with Crippen LogP contribution >= 0.6 is 0 Å². The smallest absolute Gasteiger partial charge is 0.220 e. The zero-order valence-electron chi connectivity index (χ0n) is 19.8. The van der Waals surface area contributed by atoms with Gasteiger partial charge in [-0.3, -0.25) is 4.79 Å². The van der Waals surface area contributed by atoms with Gasteiger partial charge in [-0.25, -0.2) is 4.68 Å². The second-order valence-corrected chi connectivity index (χ2v) is 9.40. The molecule has 2 aliphatic rings. The number of nitrogens with one attached hydrogen (secondary N) is 1. The fraction of sp³-hybridized carbons (Fsp3) is 0.615. The minimum atomic E-state index is -0.442. The van der Waals surface area contributed by atoms with E-state index in [1.54, 1.807) is 0 Å². The van der Waals surface area contributed by atoms with E-state index in [0.29, 0.717) is 19.5 Å². The highest BCUT2D eigenvalue weighted by atomic mass is 16.5. The summed E-state index contributed by atoms with van der Waals surface area (Å²) in [5.74, 6) is 0.218. The Morgan fingerprint density at radius 1 is 1.18 bits per heavy atom. The lowest BCUT2D eigenvalue weighted by atomic mass is 9.93. The molecule has 3 atom stereocenters. The van der Waals surface area contributed by atoms with Gasteiger partial charge in [0.25, 0.3) is 0 Å². The number of hydrogen-bond acceptors (Lipinski definition) is 5. The van der Waals surface area contributed by atoms with Crippen molar-refractivity contribution in [2.45, 2.75) is 70.6 Å². The number of piperidine rings is 1. The molecule has 7 nitrogen and oxygen atoms in total. The Labute approximate surface area is 197 Å². The molecule has 0 spiro atoms. The second-order valence-electron chi connectivity index (χ2n) is 9.40. The average Bonchev–Trinajstić information content (AvgIpc) is 3.34. The van der Waals surface area contributed by atoms with Gasteiger partial charge in [0, 0.05) is 56.0 Å². The van der Waals surface area contributed by atoms with Gasteiger partial charge in [0.2, 0.25) is 5.91 Å². The Bertz CT molecular complexity index is 876. The van der Waals surface area contributed by atoms with Gasteiger partial charge in [-0.15, -0.1) is 0 Å². The fourth-order valence-corrected chi connectivity index (χ4v) is 4.76. The summed E-state index contributed by atoms with van der Waals surface area (Å²) in [5.41, 5.74) is 3.33. The summed E-state index contributed by atoms with van der Waals surface area (Å²) in [6.07, 6.45) is 11.5. The third-order valence-electron chi connectivity index (χ3n) is 6.91. The summed E-state index contributed by atoms with van der Waals surface area (Å²) in [6.45, 7) is 4.98. The van der Waals surface area contributed by atoms with Crippen molar-refractivity contribution < 1.29 is 14.6 Å². The zero-order valence-corrected chi connectivity index (χ0v) is 19.8. The number of carbonyl (C=O) groups excluding carboxylic acids is 1. The van der Waals surface area contributed by atoms with E-state index in [0.717, 1.165) is 68.5 Å². The third-order valence-corrected chi connectivity index (χ3v) is 6.91.